The van der Waals surface area contributed by atoms with Gasteiger partial charge in [-0.25, -0.2) is 8.78 Å². The van der Waals surface area contributed by atoms with Gasteiger partial charge in [0.25, 0.3) is 0 Å². The van der Waals surface area contributed by atoms with Crippen molar-refractivity contribution in [2.75, 3.05) is 39.4 Å². The number of nitrogens with zero attached hydrogens (tertiary/aromatic N) is 2. The van der Waals surface area contributed by atoms with E-state index in [0.29, 0.717) is 45.0 Å². The molecule has 1 aromatic rings. The lowest BCUT2D eigenvalue weighted by Crippen LogP contribution is -2.55. The summed E-state index contributed by atoms with van der Waals surface area (Å²) in [6.45, 7) is 5.67. The van der Waals surface area contributed by atoms with Gasteiger partial charge in [-0.05, 0) is 31.7 Å². The second-order valence-corrected chi connectivity index (χ2v) is 7.18. The molecule has 2 N–H and O–H groups in total. The van der Waals surface area contributed by atoms with Gasteiger partial charge >= 0.3 is 0 Å². The van der Waals surface area contributed by atoms with Crippen LogP contribution in [-0.4, -0.2) is 61.1 Å². The van der Waals surface area contributed by atoms with Crippen molar-refractivity contribution >= 4 is 30.7 Å². The first-order valence-corrected chi connectivity index (χ1v) is 9.28. The fraction of sp³-hybridized carbons (Fsp3) is 0.632. The van der Waals surface area contributed by atoms with Crippen LogP contribution < -0.4 is 5.73 Å². The molecule has 9 heteroatoms. The van der Waals surface area contributed by atoms with Crippen molar-refractivity contribution in [1.29, 1.82) is 0 Å². The second kappa shape index (κ2) is 11.3. The molecule has 0 spiro atoms. The fourth-order valence-corrected chi connectivity index (χ4v) is 3.85. The van der Waals surface area contributed by atoms with Gasteiger partial charge in [0, 0.05) is 57.1 Å². The van der Waals surface area contributed by atoms with Gasteiger partial charge < -0.3 is 15.4 Å². The Bertz CT molecular complexity index is 640. The zero-order valence-corrected chi connectivity index (χ0v) is 17.6. The van der Waals surface area contributed by atoms with Crippen LogP contribution in [0, 0.1) is 17.6 Å². The van der Waals surface area contributed by atoms with Crippen LogP contribution in [0.15, 0.2) is 18.2 Å². The highest BCUT2D eigenvalue weighted by atomic mass is 35.5. The van der Waals surface area contributed by atoms with Crippen molar-refractivity contribution in [3.63, 3.8) is 0 Å². The van der Waals surface area contributed by atoms with E-state index in [2.05, 4.69) is 4.90 Å². The van der Waals surface area contributed by atoms with E-state index in [4.69, 9.17) is 10.5 Å². The molecule has 1 aromatic carbocycles. The summed E-state index contributed by atoms with van der Waals surface area (Å²) in [4.78, 5) is 16.6. The first kappa shape index (κ1) is 25.0. The number of carbonyl (C=O) groups excluding carboxylic acids is 1. The van der Waals surface area contributed by atoms with Gasteiger partial charge in [0.15, 0.2) is 0 Å². The normalized spacial score (nSPS) is 20.6. The van der Waals surface area contributed by atoms with Gasteiger partial charge in [-0.15, -0.1) is 24.8 Å². The topological polar surface area (TPSA) is 58.8 Å². The molecular weight excluding hydrogens is 411 g/mol. The summed E-state index contributed by atoms with van der Waals surface area (Å²) in [5, 5.41) is 0. The molecule has 28 heavy (non-hydrogen) atoms. The molecule has 0 radical (unpaired) electrons. The highest BCUT2D eigenvalue weighted by Crippen LogP contribution is 2.25. The smallest absolute Gasteiger partial charge is 0.239 e. The van der Waals surface area contributed by atoms with Crippen molar-refractivity contribution in [2.24, 2.45) is 11.7 Å². The predicted octanol–water partition coefficient (Wildman–Crippen LogP) is 2.77. The lowest BCUT2D eigenvalue weighted by molar-refractivity contribution is -0.136. The molecular formula is C19H29Cl2F2N3O2. The number of rotatable bonds is 4. The Hall–Kier alpha value is -0.990. The lowest BCUT2D eigenvalue weighted by Gasteiger charge is -2.40. The molecule has 2 saturated heterocycles. The Balaban J connectivity index is 0.00000196. The van der Waals surface area contributed by atoms with Crippen molar-refractivity contribution in [2.45, 2.75) is 31.8 Å². The molecule has 0 aliphatic carbocycles. The maximum absolute atomic E-state index is 14.0. The summed E-state index contributed by atoms with van der Waals surface area (Å²) in [6.07, 6.45) is 1.65. The Morgan fingerprint density at radius 2 is 1.75 bits per heavy atom. The van der Waals surface area contributed by atoms with Crippen LogP contribution in [0.5, 0.6) is 0 Å². The summed E-state index contributed by atoms with van der Waals surface area (Å²) < 4.78 is 32.5. The van der Waals surface area contributed by atoms with Crippen LogP contribution in [0.1, 0.15) is 31.4 Å². The number of amides is 1. The number of carbonyl (C=O) groups is 1. The van der Waals surface area contributed by atoms with Crippen LogP contribution in [0.4, 0.5) is 8.78 Å². The van der Waals surface area contributed by atoms with Gasteiger partial charge in [-0.2, -0.15) is 0 Å². The van der Waals surface area contributed by atoms with Crippen LogP contribution in [0.3, 0.4) is 0 Å². The molecule has 2 heterocycles. The van der Waals surface area contributed by atoms with E-state index < -0.39 is 17.7 Å². The third kappa shape index (κ3) is 5.76. The zero-order chi connectivity index (χ0) is 18.7. The van der Waals surface area contributed by atoms with Crippen LogP contribution >= 0.6 is 24.8 Å². The third-order valence-electron chi connectivity index (χ3n) is 5.65. The molecule has 2 unspecified atom stereocenters. The van der Waals surface area contributed by atoms with Gasteiger partial charge in [0.1, 0.15) is 11.6 Å². The summed E-state index contributed by atoms with van der Waals surface area (Å²) in [5.41, 5.74) is 6.67. The Morgan fingerprint density at radius 1 is 1.14 bits per heavy atom. The minimum Gasteiger partial charge on any atom is -0.381 e. The van der Waals surface area contributed by atoms with Gasteiger partial charge in [0.05, 0.1) is 6.04 Å². The summed E-state index contributed by atoms with van der Waals surface area (Å²) in [6, 6.07) is 3.04. The molecule has 2 fully saturated rings. The molecule has 5 nitrogen and oxygen atoms in total. The highest BCUT2D eigenvalue weighted by molar-refractivity contribution is 5.85. The minimum absolute atomic E-state index is 0. The molecule has 0 aromatic heterocycles. The van der Waals surface area contributed by atoms with E-state index in [1.54, 1.807) is 0 Å². The van der Waals surface area contributed by atoms with Crippen molar-refractivity contribution in [3.05, 3.63) is 35.4 Å². The number of hydrogen-bond donors (Lipinski definition) is 1. The summed E-state index contributed by atoms with van der Waals surface area (Å²) >= 11 is 0. The van der Waals surface area contributed by atoms with Crippen LogP contribution in [0.2, 0.25) is 0 Å². The quantitative estimate of drug-likeness (QED) is 0.783. The summed E-state index contributed by atoms with van der Waals surface area (Å²) in [5.74, 6) is -0.924. The van der Waals surface area contributed by atoms with E-state index in [-0.39, 0.29) is 42.7 Å². The van der Waals surface area contributed by atoms with Crippen LogP contribution in [0.25, 0.3) is 0 Å². The molecule has 2 aliphatic rings. The lowest BCUT2D eigenvalue weighted by atomic mass is 9.91. The maximum Gasteiger partial charge on any atom is 0.239 e. The third-order valence-corrected chi connectivity index (χ3v) is 5.65. The zero-order valence-electron chi connectivity index (χ0n) is 16.0. The average Bonchev–Trinajstić information content (AvgIpc) is 2.67. The molecule has 1 amide bonds. The SMILES string of the molecule is CC(c1ccc(F)cc1F)N1CCN(C(=O)C(N)C2CCOCC2)CC1.Cl.Cl. The second-order valence-electron chi connectivity index (χ2n) is 7.18. The molecule has 160 valence electrons. The number of halogens is 4. The van der Waals surface area contributed by atoms with Gasteiger partial charge in [-0.3, -0.25) is 9.69 Å². The number of benzene rings is 1. The van der Waals surface area contributed by atoms with Gasteiger partial charge in [0.2, 0.25) is 5.91 Å². The first-order chi connectivity index (χ1) is 12.5. The van der Waals surface area contributed by atoms with E-state index in [1.165, 1.54) is 12.1 Å². The number of piperazine rings is 1. The molecule has 3 rings (SSSR count). The molecule has 0 bridgehead atoms. The van der Waals surface area contributed by atoms with E-state index in [9.17, 15) is 13.6 Å². The van der Waals surface area contributed by atoms with Crippen molar-refractivity contribution in [3.8, 4) is 0 Å². The molecule has 0 saturated carbocycles. The monoisotopic (exact) mass is 439 g/mol. The van der Waals surface area contributed by atoms with Crippen molar-refractivity contribution in [1.82, 2.24) is 9.80 Å². The highest BCUT2D eigenvalue weighted by Gasteiger charge is 2.32. The standard InChI is InChI=1S/C19H27F2N3O2.2ClH/c1-13(16-3-2-15(20)12-17(16)21)23-6-8-24(9-7-23)19(25)18(22)14-4-10-26-11-5-14;;/h2-3,12-14,18H,4-11,22H2,1H3;2*1H. The van der Waals surface area contributed by atoms with E-state index in [0.717, 1.165) is 18.9 Å². The Labute approximate surface area is 177 Å². The molecule has 2 atom stereocenters. The number of hydrogen-bond acceptors (Lipinski definition) is 4. The number of nitrogens with two attached hydrogens (primary N) is 1. The molecule has 2 aliphatic heterocycles. The fourth-order valence-electron chi connectivity index (χ4n) is 3.85. The van der Waals surface area contributed by atoms with E-state index >= 15 is 0 Å². The van der Waals surface area contributed by atoms with Crippen molar-refractivity contribution < 1.29 is 18.3 Å². The van der Waals surface area contributed by atoms with E-state index in [1.807, 2.05) is 11.8 Å². The summed E-state index contributed by atoms with van der Waals surface area (Å²) in [7, 11) is 0. The number of ether oxygens (including phenoxy) is 1. The largest absolute Gasteiger partial charge is 0.381 e. The Morgan fingerprint density at radius 3 is 2.32 bits per heavy atom. The minimum atomic E-state index is -0.573. The average molecular weight is 440 g/mol. The van der Waals surface area contributed by atoms with Gasteiger partial charge in [-0.1, -0.05) is 6.07 Å². The maximum atomic E-state index is 14.0. The Kier molecular flexibility index (Phi) is 10.1. The first-order valence-electron chi connectivity index (χ1n) is 9.28. The predicted molar refractivity (Wildman–Crippen MR) is 109 cm³/mol. The van der Waals surface area contributed by atoms with Crippen LogP contribution in [-0.2, 0) is 9.53 Å².